The Morgan fingerprint density at radius 1 is 1.03 bits per heavy atom. The number of benzene rings is 2. The third-order valence-corrected chi connectivity index (χ3v) is 4.70. The Bertz CT molecular complexity index is 1360. The van der Waals surface area contributed by atoms with Crippen LogP contribution in [-0.4, -0.2) is 15.0 Å². The molecule has 5 rings (SSSR count). The first-order chi connectivity index (χ1) is 14.2. The fourth-order valence-corrected chi connectivity index (χ4v) is 3.25. The number of aromatic nitrogens is 3. The lowest BCUT2D eigenvalue weighted by Crippen LogP contribution is -2.01. The molecule has 0 unspecified atom stereocenters. The molecule has 3 aromatic heterocycles. The summed E-state index contributed by atoms with van der Waals surface area (Å²) in [7, 11) is 0. The number of hydrogen-bond donors (Lipinski definition) is 0. The third-order valence-electron chi connectivity index (χ3n) is 4.70. The molecule has 0 spiro atoms. The summed E-state index contributed by atoms with van der Waals surface area (Å²) in [6.07, 6.45) is 3.41. The van der Waals surface area contributed by atoms with Gasteiger partial charge < -0.3 is 13.6 Å². The van der Waals surface area contributed by atoms with E-state index >= 15 is 0 Å². The standard InChI is InChI=1S/C22H17N3O4/c1-14-2-4-15(5-3-14)11-25-12-18(23-24-25)13-28-22-20-17(8-9-27-20)10-16-6-7-19(26)29-21(16)22/h2-10,12H,11,13H2,1H3. The summed E-state index contributed by atoms with van der Waals surface area (Å²) in [4.78, 5) is 11.7. The van der Waals surface area contributed by atoms with Crippen molar-refractivity contribution in [2.24, 2.45) is 0 Å². The zero-order chi connectivity index (χ0) is 19.8. The number of aryl methyl sites for hydroxylation is 1. The maximum Gasteiger partial charge on any atom is 0.336 e. The minimum absolute atomic E-state index is 0.168. The average molecular weight is 387 g/mol. The van der Waals surface area contributed by atoms with Crippen LogP contribution in [0.25, 0.3) is 21.9 Å². The molecule has 0 fully saturated rings. The zero-order valence-corrected chi connectivity index (χ0v) is 15.7. The molecule has 144 valence electrons. The van der Waals surface area contributed by atoms with Gasteiger partial charge in [0, 0.05) is 16.8 Å². The van der Waals surface area contributed by atoms with Gasteiger partial charge in [-0.05, 0) is 30.7 Å². The molecule has 0 atom stereocenters. The van der Waals surface area contributed by atoms with Crippen LogP contribution in [0.4, 0.5) is 0 Å². The van der Waals surface area contributed by atoms with Gasteiger partial charge in [-0.3, -0.25) is 0 Å². The second-order valence-electron chi connectivity index (χ2n) is 6.90. The molecule has 2 aromatic carbocycles. The van der Waals surface area contributed by atoms with Crippen LogP contribution in [0.15, 0.2) is 74.6 Å². The summed E-state index contributed by atoms with van der Waals surface area (Å²) < 4.78 is 18.6. The maximum atomic E-state index is 11.7. The molecule has 5 aromatic rings. The van der Waals surface area contributed by atoms with Crippen LogP contribution in [0.5, 0.6) is 5.75 Å². The number of furan rings is 1. The molecule has 0 N–H and O–H groups in total. The molecule has 7 heteroatoms. The lowest BCUT2D eigenvalue weighted by Gasteiger charge is -2.07. The van der Waals surface area contributed by atoms with Crippen LogP contribution in [0.2, 0.25) is 0 Å². The number of rotatable bonds is 5. The minimum atomic E-state index is -0.447. The molecule has 0 saturated heterocycles. The van der Waals surface area contributed by atoms with Crippen LogP contribution < -0.4 is 10.4 Å². The van der Waals surface area contributed by atoms with Crippen molar-refractivity contribution in [3.63, 3.8) is 0 Å². The number of nitrogens with zero attached hydrogens (tertiary/aromatic N) is 3. The van der Waals surface area contributed by atoms with Crippen molar-refractivity contribution in [1.82, 2.24) is 15.0 Å². The fourth-order valence-electron chi connectivity index (χ4n) is 3.25. The van der Waals surface area contributed by atoms with Crippen LogP contribution in [0.1, 0.15) is 16.8 Å². The summed E-state index contributed by atoms with van der Waals surface area (Å²) in [6.45, 7) is 2.85. The van der Waals surface area contributed by atoms with Crippen molar-refractivity contribution in [3.8, 4) is 5.75 Å². The van der Waals surface area contributed by atoms with Gasteiger partial charge in [-0.1, -0.05) is 35.0 Å². The predicted molar refractivity (Wildman–Crippen MR) is 107 cm³/mol. The first kappa shape index (κ1) is 17.2. The van der Waals surface area contributed by atoms with Crippen LogP contribution in [-0.2, 0) is 13.2 Å². The van der Waals surface area contributed by atoms with Crippen molar-refractivity contribution in [2.45, 2.75) is 20.1 Å². The topological polar surface area (TPSA) is 83.3 Å². The highest BCUT2D eigenvalue weighted by atomic mass is 16.5. The second-order valence-corrected chi connectivity index (χ2v) is 6.90. The largest absolute Gasteiger partial charge is 0.480 e. The normalized spacial score (nSPS) is 11.3. The molecule has 0 aliphatic carbocycles. The van der Waals surface area contributed by atoms with Gasteiger partial charge in [-0.2, -0.15) is 0 Å². The maximum absolute atomic E-state index is 11.7. The molecule has 0 amide bonds. The highest BCUT2D eigenvalue weighted by molar-refractivity contribution is 5.99. The van der Waals surface area contributed by atoms with Crippen molar-refractivity contribution in [3.05, 3.63) is 88.2 Å². The third kappa shape index (κ3) is 3.38. The number of fused-ring (bicyclic) bond motifs is 2. The summed E-state index contributed by atoms with van der Waals surface area (Å²) in [5, 5.41) is 9.97. The van der Waals surface area contributed by atoms with Gasteiger partial charge in [0.25, 0.3) is 0 Å². The van der Waals surface area contributed by atoms with Crippen LogP contribution >= 0.6 is 0 Å². The van der Waals surface area contributed by atoms with Gasteiger partial charge in [-0.25, -0.2) is 9.48 Å². The van der Waals surface area contributed by atoms with Crippen LogP contribution in [0.3, 0.4) is 0 Å². The Labute approximate surface area is 165 Å². The van der Waals surface area contributed by atoms with E-state index in [0.717, 1.165) is 16.3 Å². The van der Waals surface area contributed by atoms with Crippen molar-refractivity contribution < 1.29 is 13.6 Å². The molecule has 0 aliphatic rings. The second kappa shape index (κ2) is 6.94. The van der Waals surface area contributed by atoms with Crippen molar-refractivity contribution >= 4 is 21.9 Å². The molecule has 29 heavy (non-hydrogen) atoms. The van der Waals surface area contributed by atoms with Gasteiger partial charge in [0.2, 0.25) is 5.75 Å². The van der Waals surface area contributed by atoms with E-state index in [1.54, 1.807) is 17.0 Å². The quantitative estimate of drug-likeness (QED) is 0.423. The summed E-state index contributed by atoms with van der Waals surface area (Å²) in [5.74, 6) is 0.383. The SMILES string of the molecule is Cc1ccc(Cn2cc(COc3c4occc4cc4ccc(=O)oc34)nn2)cc1. The van der Waals surface area contributed by atoms with Gasteiger partial charge >= 0.3 is 5.63 Å². The first-order valence-corrected chi connectivity index (χ1v) is 9.17. The molecular weight excluding hydrogens is 370 g/mol. The van der Waals surface area contributed by atoms with Crippen molar-refractivity contribution in [2.75, 3.05) is 0 Å². The Morgan fingerprint density at radius 2 is 1.86 bits per heavy atom. The highest BCUT2D eigenvalue weighted by Crippen LogP contribution is 2.35. The lowest BCUT2D eigenvalue weighted by molar-refractivity contribution is 0.298. The van der Waals surface area contributed by atoms with E-state index in [0.29, 0.717) is 29.2 Å². The Kier molecular flexibility index (Phi) is 4.13. The van der Waals surface area contributed by atoms with Gasteiger partial charge in [0.1, 0.15) is 12.3 Å². The predicted octanol–water partition coefficient (Wildman–Crippen LogP) is 4.07. The van der Waals surface area contributed by atoms with Gasteiger partial charge in [0.05, 0.1) is 19.0 Å². The van der Waals surface area contributed by atoms with E-state index < -0.39 is 5.63 Å². The molecule has 0 bridgehead atoms. The number of ether oxygens (including phenoxy) is 1. The fraction of sp³-hybridized carbons (Fsp3) is 0.136. The average Bonchev–Trinajstić information content (AvgIpc) is 3.36. The Hall–Kier alpha value is -3.87. The minimum Gasteiger partial charge on any atom is -0.480 e. The van der Waals surface area contributed by atoms with E-state index in [9.17, 15) is 4.79 Å². The van der Waals surface area contributed by atoms with E-state index in [1.165, 1.54) is 11.6 Å². The number of hydrogen-bond acceptors (Lipinski definition) is 6. The molecule has 0 saturated carbocycles. The molecule has 3 heterocycles. The lowest BCUT2D eigenvalue weighted by atomic mass is 10.1. The van der Waals surface area contributed by atoms with Crippen molar-refractivity contribution in [1.29, 1.82) is 0 Å². The Balaban J connectivity index is 1.41. The Morgan fingerprint density at radius 3 is 2.72 bits per heavy atom. The van der Waals surface area contributed by atoms with E-state index in [1.807, 2.05) is 18.3 Å². The molecule has 7 nitrogen and oxygen atoms in total. The highest BCUT2D eigenvalue weighted by Gasteiger charge is 2.15. The summed E-state index contributed by atoms with van der Waals surface area (Å²) in [5.41, 5.74) is 3.45. The molecule has 0 radical (unpaired) electrons. The first-order valence-electron chi connectivity index (χ1n) is 9.17. The summed E-state index contributed by atoms with van der Waals surface area (Å²) in [6, 6.07) is 15.1. The van der Waals surface area contributed by atoms with Gasteiger partial charge in [0.15, 0.2) is 11.2 Å². The monoisotopic (exact) mass is 387 g/mol. The van der Waals surface area contributed by atoms with Gasteiger partial charge in [-0.15, -0.1) is 5.10 Å². The van der Waals surface area contributed by atoms with Crippen LogP contribution in [0, 0.1) is 6.92 Å². The van der Waals surface area contributed by atoms with E-state index in [4.69, 9.17) is 13.6 Å². The smallest absolute Gasteiger partial charge is 0.336 e. The van der Waals surface area contributed by atoms with E-state index in [-0.39, 0.29) is 6.61 Å². The molecular formula is C22H17N3O4. The summed E-state index contributed by atoms with van der Waals surface area (Å²) >= 11 is 0. The van der Waals surface area contributed by atoms with E-state index in [2.05, 4.69) is 41.5 Å². The zero-order valence-electron chi connectivity index (χ0n) is 15.7. The molecule has 0 aliphatic heterocycles.